The number of hydrogen-bond donors (Lipinski definition) is 0. The van der Waals surface area contributed by atoms with Gasteiger partial charge in [-0.3, -0.25) is 0 Å². The predicted octanol–water partition coefficient (Wildman–Crippen LogP) is 13.2. The molecule has 0 fully saturated rings. The monoisotopic (exact) mass is 675 g/mol. The first-order valence-electron chi connectivity index (χ1n) is 18.2. The van der Waals surface area contributed by atoms with Gasteiger partial charge >= 0.3 is 0 Å². The lowest BCUT2D eigenvalue weighted by Gasteiger charge is -2.16. The number of fused-ring (bicyclic) bond motifs is 8. The molecule has 3 heterocycles. The Bertz CT molecular complexity index is 3150. The molecule has 3 nitrogen and oxygen atoms in total. The fourth-order valence-corrected chi connectivity index (χ4v) is 8.47. The molecular weight excluding hydrogens is 643 g/mol. The third kappa shape index (κ3) is 4.61. The highest BCUT2D eigenvalue weighted by Crippen LogP contribution is 2.41. The first-order chi connectivity index (χ1) is 26.3. The molecule has 0 atom stereocenters. The molecule has 0 bridgehead atoms. The maximum absolute atomic E-state index is 2.49. The van der Waals surface area contributed by atoms with Crippen molar-refractivity contribution in [3.63, 3.8) is 0 Å². The summed E-state index contributed by atoms with van der Waals surface area (Å²) in [6.45, 7) is 0. The molecule has 0 amide bonds. The highest BCUT2D eigenvalue weighted by Gasteiger charge is 2.20. The van der Waals surface area contributed by atoms with Gasteiger partial charge in [0.1, 0.15) is 0 Å². The molecule has 11 aromatic rings. The van der Waals surface area contributed by atoms with Crippen LogP contribution in [0.4, 0.5) is 0 Å². The van der Waals surface area contributed by atoms with E-state index in [1.165, 1.54) is 76.8 Å². The Hall–Kier alpha value is -7.10. The Labute approximate surface area is 306 Å². The van der Waals surface area contributed by atoms with E-state index < -0.39 is 0 Å². The number of nitrogens with zero attached hydrogens (tertiary/aromatic N) is 3. The van der Waals surface area contributed by atoms with E-state index in [1.807, 2.05) is 0 Å². The van der Waals surface area contributed by atoms with Crippen LogP contribution in [0.15, 0.2) is 200 Å². The highest BCUT2D eigenvalue weighted by molar-refractivity contribution is 6.18. The fraction of sp³-hybridized carbons (Fsp3) is 0. The SMILES string of the molecule is c1ccc(-c2cc(-n3c4ccccc4c4cc(-c5ccccc5)ccc43)cc(-n3c4ccccc4c4ccc5c(ccn5-c5ccccc5)c43)c2)cc1. The Morgan fingerprint density at radius 3 is 1.53 bits per heavy atom. The van der Waals surface area contributed by atoms with Crippen molar-refractivity contribution in [1.29, 1.82) is 0 Å². The van der Waals surface area contributed by atoms with Crippen LogP contribution in [-0.4, -0.2) is 13.7 Å². The number of benzene rings is 8. The van der Waals surface area contributed by atoms with Gasteiger partial charge in [0.25, 0.3) is 0 Å². The molecule has 0 aliphatic carbocycles. The van der Waals surface area contributed by atoms with Crippen molar-refractivity contribution < 1.29 is 0 Å². The van der Waals surface area contributed by atoms with Crippen LogP contribution in [0.3, 0.4) is 0 Å². The molecule has 3 heteroatoms. The van der Waals surface area contributed by atoms with E-state index in [-0.39, 0.29) is 0 Å². The zero-order valence-electron chi connectivity index (χ0n) is 28.9. The lowest BCUT2D eigenvalue weighted by molar-refractivity contribution is 1.13. The summed E-state index contributed by atoms with van der Waals surface area (Å²) in [5.74, 6) is 0. The minimum Gasteiger partial charge on any atom is -0.316 e. The molecule has 0 aliphatic heterocycles. The van der Waals surface area contributed by atoms with Gasteiger partial charge in [0.15, 0.2) is 0 Å². The molecule has 0 saturated carbocycles. The molecule has 11 rings (SSSR count). The maximum Gasteiger partial charge on any atom is 0.0635 e. The van der Waals surface area contributed by atoms with Crippen LogP contribution in [0.2, 0.25) is 0 Å². The maximum atomic E-state index is 2.49. The predicted molar refractivity (Wildman–Crippen MR) is 223 cm³/mol. The van der Waals surface area contributed by atoms with Crippen molar-refractivity contribution in [3.05, 3.63) is 200 Å². The second kappa shape index (κ2) is 11.7. The molecule has 0 N–H and O–H groups in total. The van der Waals surface area contributed by atoms with E-state index in [0.717, 1.165) is 17.1 Å². The molecule has 53 heavy (non-hydrogen) atoms. The zero-order valence-corrected chi connectivity index (χ0v) is 28.9. The lowest BCUT2D eigenvalue weighted by Crippen LogP contribution is -2.00. The number of para-hydroxylation sites is 3. The second-order valence-electron chi connectivity index (χ2n) is 13.8. The number of aromatic nitrogens is 3. The van der Waals surface area contributed by atoms with Gasteiger partial charge in [-0.15, -0.1) is 0 Å². The van der Waals surface area contributed by atoms with Gasteiger partial charge in [0.2, 0.25) is 0 Å². The molecule has 0 saturated heterocycles. The van der Waals surface area contributed by atoms with Crippen LogP contribution in [0.25, 0.3) is 93.8 Å². The van der Waals surface area contributed by atoms with Crippen LogP contribution in [0.1, 0.15) is 0 Å². The van der Waals surface area contributed by atoms with Gasteiger partial charge in [-0.1, -0.05) is 127 Å². The van der Waals surface area contributed by atoms with Crippen molar-refractivity contribution >= 4 is 54.5 Å². The summed E-state index contributed by atoms with van der Waals surface area (Å²) in [6.07, 6.45) is 2.20. The van der Waals surface area contributed by atoms with E-state index in [2.05, 4.69) is 214 Å². The van der Waals surface area contributed by atoms with Crippen molar-refractivity contribution in [3.8, 4) is 39.3 Å². The van der Waals surface area contributed by atoms with Crippen molar-refractivity contribution in [2.45, 2.75) is 0 Å². The minimum absolute atomic E-state index is 1.12. The molecule has 3 aromatic heterocycles. The third-order valence-electron chi connectivity index (χ3n) is 10.8. The number of hydrogen-bond acceptors (Lipinski definition) is 0. The molecule has 8 aromatic carbocycles. The second-order valence-corrected chi connectivity index (χ2v) is 13.8. The standard InChI is InChI=1S/C50H33N3/c1-4-14-34(15-5-1)36-24-26-49-45(32-36)42-21-11-12-22-47(42)52(49)39-30-37(35-16-6-2-7-17-35)31-40(33-39)53-48-23-13-10-20-41(48)43-25-27-46-44(50(43)53)28-29-51(46)38-18-8-3-9-19-38/h1-33H. The van der Waals surface area contributed by atoms with Crippen LogP contribution in [-0.2, 0) is 0 Å². The lowest BCUT2D eigenvalue weighted by atomic mass is 10.0. The largest absolute Gasteiger partial charge is 0.316 e. The van der Waals surface area contributed by atoms with Crippen molar-refractivity contribution in [1.82, 2.24) is 13.7 Å². The Morgan fingerprint density at radius 2 is 0.811 bits per heavy atom. The quantitative estimate of drug-likeness (QED) is 0.172. The normalized spacial score (nSPS) is 11.8. The van der Waals surface area contributed by atoms with Crippen LogP contribution >= 0.6 is 0 Å². The van der Waals surface area contributed by atoms with Gasteiger partial charge in [0, 0.05) is 50.2 Å². The topological polar surface area (TPSA) is 14.8 Å². The van der Waals surface area contributed by atoms with Gasteiger partial charge in [-0.2, -0.15) is 0 Å². The van der Waals surface area contributed by atoms with E-state index in [1.54, 1.807) is 0 Å². The average molecular weight is 676 g/mol. The van der Waals surface area contributed by atoms with Crippen LogP contribution in [0.5, 0.6) is 0 Å². The van der Waals surface area contributed by atoms with Gasteiger partial charge in [-0.05, 0) is 89.0 Å². The molecule has 0 radical (unpaired) electrons. The average Bonchev–Trinajstić information content (AvgIpc) is 3.92. The van der Waals surface area contributed by atoms with E-state index in [4.69, 9.17) is 0 Å². The fourth-order valence-electron chi connectivity index (χ4n) is 8.47. The molecule has 0 aliphatic rings. The summed E-state index contributed by atoms with van der Waals surface area (Å²) < 4.78 is 7.23. The van der Waals surface area contributed by atoms with E-state index >= 15 is 0 Å². The van der Waals surface area contributed by atoms with Gasteiger partial charge in [0.05, 0.1) is 27.6 Å². The molecule has 0 unspecified atom stereocenters. The van der Waals surface area contributed by atoms with Gasteiger partial charge in [-0.25, -0.2) is 0 Å². The van der Waals surface area contributed by atoms with Gasteiger partial charge < -0.3 is 13.7 Å². The Kier molecular flexibility index (Phi) is 6.55. The zero-order chi connectivity index (χ0) is 34.9. The molecule has 248 valence electrons. The van der Waals surface area contributed by atoms with E-state index in [0.29, 0.717) is 0 Å². The summed E-state index contributed by atoms with van der Waals surface area (Å²) >= 11 is 0. The number of rotatable bonds is 5. The minimum atomic E-state index is 1.12. The summed E-state index contributed by atoms with van der Waals surface area (Å²) in [4.78, 5) is 0. The van der Waals surface area contributed by atoms with Crippen LogP contribution in [0, 0.1) is 0 Å². The Morgan fingerprint density at radius 1 is 0.264 bits per heavy atom. The third-order valence-corrected chi connectivity index (χ3v) is 10.8. The summed E-state index contributed by atoms with van der Waals surface area (Å²) in [5, 5.41) is 6.20. The van der Waals surface area contributed by atoms with Crippen LogP contribution < -0.4 is 0 Å². The first-order valence-corrected chi connectivity index (χ1v) is 18.2. The summed E-state index contributed by atoms with van der Waals surface area (Å²) in [6, 6.07) is 70.5. The van der Waals surface area contributed by atoms with E-state index in [9.17, 15) is 0 Å². The van der Waals surface area contributed by atoms with Crippen molar-refractivity contribution in [2.24, 2.45) is 0 Å². The first kappa shape index (κ1) is 29.6. The summed E-state index contributed by atoms with van der Waals surface area (Å²) in [7, 11) is 0. The molecule has 0 spiro atoms. The highest BCUT2D eigenvalue weighted by atomic mass is 15.0. The Balaban J connectivity index is 1.23. The molecular formula is C50H33N3. The summed E-state index contributed by atoms with van der Waals surface area (Å²) in [5.41, 5.74) is 14.2. The van der Waals surface area contributed by atoms with Crippen molar-refractivity contribution in [2.75, 3.05) is 0 Å². The smallest absolute Gasteiger partial charge is 0.0635 e.